The predicted octanol–water partition coefficient (Wildman–Crippen LogP) is 4.00. The van der Waals surface area contributed by atoms with Gasteiger partial charge in [0.05, 0.1) is 0 Å². The number of fused-ring (bicyclic) bond motifs is 1. The van der Waals surface area contributed by atoms with Crippen LogP contribution in [0.3, 0.4) is 0 Å². The molecule has 1 fully saturated rings. The zero-order valence-electron chi connectivity index (χ0n) is 12.7. The van der Waals surface area contributed by atoms with Crippen molar-refractivity contribution < 1.29 is 4.79 Å². The van der Waals surface area contributed by atoms with Gasteiger partial charge in [-0.25, -0.2) is 4.98 Å². The highest BCUT2D eigenvalue weighted by atomic mass is 16.1. The second-order valence-corrected chi connectivity index (χ2v) is 5.77. The Kier molecular flexibility index (Phi) is 3.42. The van der Waals surface area contributed by atoms with E-state index < -0.39 is 0 Å². The van der Waals surface area contributed by atoms with Crippen LogP contribution in [0.25, 0.3) is 10.8 Å². The number of hydrogen-bond acceptors (Lipinski definition) is 4. The normalized spacial score (nSPS) is 13.7. The molecule has 2 heterocycles. The van der Waals surface area contributed by atoms with Crippen LogP contribution in [0.4, 0.5) is 17.2 Å². The van der Waals surface area contributed by atoms with Gasteiger partial charge in [-0.15, -0.1) is 0 Å². The minimum absolute atomic E-state index is 0.668. The third-order valence-corrected chi connectivity index (χ3v) is 4.28. The van der Waals surface area contributed by atoms with E-state index in [2.05, 4.69) is 33.4 Å². The van der Waals surface area contributed by atoms with Crippen molar-refractivity contribution >= 4 is 34.3 Å². The Morgan fingerprint density at radius 2 is 1.87 bits per heavy atom. The molecule has 0 spiro atoms. The Bertz CT molecular complexity index is 854. The molecule has 0 saturated carbocycles. The third-order valence-electron chi connectivity index (χ3n) is 4.28. The summed E-state index contributed by atoms with van der Waals surface area (Å²) in [5, 5.41) is 5.63. The van der Waals surface area contributed by atoms with Gasteiger partial charge < -0.3 is 10.2 Å². The highest BCUT2D eigenvalue weighted by molar-refractivity contribution is 5.95. The Hall–Kier alpha value is -2.88. The fourth-order valence-corrected chi connectivity index (χ4v) is 2.81. The van der Waals surface area contributed by atoms with Crippen molar-refractivity contribution in [1.29, 1.82) is 0 Å². The maximum Gasteiger partial charge on any atom is 0.150 e. The van der Waals surface area contributed by atoms with E-state index in [0.717, 1.165) is 41.7 Å². The lowest BCUT2D eigenvalue weighted by molar-refractivity contribution is 0.112. The molecule has 114 valence electrons. The highest BCUT2D eigenvalue weighted by Gasteiger charge is 2.15. The van der Waals surface area contributed by atoms with E-state index in [-0.39, 0.29) is 0 Å². The van der Waals surface area contributed by atoms with Crippen molar-refractivity contribution in [1.82, 2.24) is 4.98 Å². The topological polar surface area (TPSA) is 45.2 Å². The summed E-state index contributed by atoms with van der Waals surface area (Å²) in [6.45, 7) is 2.25. The molecular formula is C19H17N3O. The minimum Gasteiger partial charge on any atom is -0.371 e. The predicted molar refractivity (Wildman–Crippen MR) is 93.7 cm³/mol. The number of rotatable bonds is 4. The Morgan fingerprint density at radius 1 is 1.04 bits per heavy atom. The summed E-state index contributed by atoms with van der Waals surface area (Å²) in [6, 6.07) is 15.9. The number of aromatic nitrogens is 1. The smallest absolute Gasteiger partial charge is 0.150 e. The molecule has 0 atom stereocenters. The number of carbonyl (C=O) groups excluding carboxylic acids is 1. The van der Waals surface area contributed by atoms with Crippen LogP contribution in [0, 0.1) is 0 Å². The van der Waals surface area contributed by atoms with Crippen LogP contribution in [-0.2, 0) is 0 Å². The number of nitrogens with one attached hydrogen (secondary N) is 1. The fraction of sp³-hybridized carbons (Fsp3) is 0.158. The van der Waals surface area contributed by atoms with Gasteiger partial charge in [0.2, 0.25) is 0 Å². The van der Waals surface area contributed by atoms with Crippen molar-refractivity contribution in [2.45, 2.75) is 6.42 Å². The highest BCUT2D eigenvalue weighted by Crippen LogP contribution is 2.30. The Morgan fingerprint density at radius 3 is 2.57 bits per heavy atom. The molecule has 4 heteroatoms. The second kappa shape index (κ2) is 5.72. The van der Waals surface area contributed by atoms with Crippen molar-refractivity contribution in [2.75, 3.05) is 23.3 Å². The summed E-state index contributed by atoms with van der Waals surface area (Å²) in [5.74, 6) is 0.837. The quantitative estimate of drug-likeness (QED) is 0.740. The first-order chi connectivity index (χ1) is 11.3. The van der Waals surface area contributed by atoms with Gasteiger partial charge in [0.15, 0.2) is 0 Å². The van der Waals surface area contributed by atoms with Crippen LogP contribution in [0.15, 0.2) is 54.7 Å². The first-order valence-electron chi connectivity index (χ1n) is 7.79. The average Bonchev–Trinajstić information content (AvgIpc) is 2.54. The van der Waals surface area contributed by atoms with Gasteiger partial charge in [0, 0.05) is 41.6 Å². The third kappa shape index (κ3) is 2.63. The molecular weight excluding hydrogens is 286 g/mol. The van der Waals surface area contributed by atoms with Crippen LogP contribution in [0.1, 0.15) is 16.8 Å². The van der Waals surface area contributed by atoms with Gasteiger partial charge in [0.1, 0.15) is 12.1 Å². The number of anilines is 3. The number of nitrogens with zero attached hydrogens (tertiary/aromatic N) is 2. The molecule has 3 aromatic rings. The summed E-state index contributed by atoms with van der Waals surface area (Å²) in [4.78, 5) is 17.6. The lowest BCUT2D eigenvalue weighted by atomic mass is 10.1. The molecule has 1 aliphatic heterocycles. The molecule has 1 saturated heterocycles. The van der Waals surface area contributed by atoms with E-state index in [4.69, 9.17) is 0 Å². The van der Waals surface area contributed by atoms with E-state index in [1.165, 1.54) is 12.1 Å². The van der Waals surface area contributed by atoms with Crippen LogP contribution in [-0.4, -0.2) is 24.4 Å². The monoisotopic (exact) mass is 303 g/mol. The zero-order chi connectivity index (χ0) is 15.6. The molecule has 0 aliphatic carbocycles. The summed E-state index contributed by atoms with van der Waals surface area (Å²) in [7, 11) is 0. The molecule has 0 radical (unpaired) electrons. The number of carbonyl (C=O) groups is 1. The first-order valence-corrected chi connectivity index (χ1v) is 7.79. The number of benzene rings is 2. The molecule has 2 aromatic carbocycles. The van der Waals surface area contributed by atoms with Crippen LogP contribution in [0.5, 0.6) is 0 Å². The molecule has 0 unspecified atom stereocenters. The minimum atomic E-state index is 0.668. The summed E-state index contributed by atoms with van der Waals surface area (Å²) >= 11 is 0. The Balaban J connectivity index is 1.71. The van der Waals surface area contributed by atoms with Crippen LogP contribution >= 0.6 is 0 Å². The molecule has 23 heavy (non-hydrogen) atoms. The van der Waals surface area contributed by atoms with E-state index in [9.17, 15) is 4.79 Å². The van der Waals surface area contributed by atoms with E-state index in [1.54, 1.807) is 12.1 Å². The zero-order valence-corrected chi connectivity index (χ0v) is 12.7. The molecule has 0 bridgehead atoms. The van der Waals surface area contributed by atoms with E-state index in [0.29, 0.717) is 5.56 Å². The number of hydrogen-bond donors (Lipinski definition) is 1. The van der Waals surface area contributed by atoms with Crippen LogP contribution in [0.2, 0.25) is 0 Å². The molecule has 1 aromatic heterocycles. The van der Waals surface area contributed by atoms with E-state index >= 15 is 0 Å². The average molecular weight is 303 g/mol. The molecule has 0 amide bonds. The summed E-state index contributed by atoms with van der Waals surface area (Å²) in [6.07, 6.45) is 3.92. The molecule has 1 aliphatic rings. The van der Waals surface area contributed by atoms with Crippen molar-refractivity contribution in [3.63, 3.8) is 0 Å². The number of aldehydes is 1. The van der Waals surface area contributed by atoms with Gasteiger partial charge in [-0.2, -0.15) is 0 Å². The maximum absolute atomic E-state index is 10.7. The lowest BCUT2D eigenvalue weighted by Gasteiger charge is -2.33. The summed E-state index contributed by atoms with van der Waals surface area (Å²) < 4.78 is 0. The Labute approximate surface area is 134 Å². The number of pyridine rings is 1. The van der Waals surface area contributed by atoms with Crippen molar-refractivity contribution in [3.8, 4) is 0 Å². The molecule has 1 N–H and O–H groups in total. The van der Waals surface area contributed by atoms with Gasteiger partial charge in [-0.1, -0.05) is 6.07 Å². The molecule has 4 rings (SSSR count). The lowest BCUT2D eigenvalue weighted by Crippen LogP contribution is -2.36. The van der Waals surface area contributed by atoms with Gasteiger partial charge >= 0.3 is 0 Å². The fourth-order valence-electron chi connectivity index (χ4n) is 2.81. The van der Waals surface area contributed by atoms with E-state index in [1.807, 2.05) is 24.4 Å². The second-order valence-electron chi connectivity index (χ2n) is 5.77. The largest absolute Gasteiger partial charge is 0.371 e. The van der Waals surface area contributed by atoms with Gasteiger partial charge in [-0.05, 0) is 54.3 Å². The van der Waals surface area contributed by atoms with Crippen molar-refractivity contribution in [2.24, 2.45) is 0 Å². The molecule has 4 nitrogen and oxygen atoms in total. The maximum atomic E-state index is 10.7. The standard InChI is InChI=1S/C19H17N3O/c23-13-14-2-5-16(6-3-14)21-19-18-12-17(22-10-1-11-22)7-4-15(18)8-9-20-19/h2-9,12-13H,1,10-11H2,(H,20,21). The van der Waals surface area contributed by atoms with Gasteiger partial charge in [-0.3, -0.25) is 4.79 Å². The first kappa shape index (κ1) is 13.8. The SMILES string of the molecule is O=Cc1ccc(Nc2nccc3ccc(N4CCC4)cc23)cc1. The van der Waals surface area contributed by atoms with Gasteiger partial charge in [0.25, 0.3) is 0 Å². The van der Waals surface area contributed by atoms with Crippen LogP contribution < -0.4 is 10.2 Å². The summed E-state index contributed by atoms with van der Waals surface area (Å²) in [5.41, 5.74) is 2.84. The van der Waals surface area contributed by atoms with Crippen molar-refractivity contribution in [3.05, 3.63) is 60.3 Å².